The molecule has 0 bridgehead atoms. The van der Waals surface area contributed by atoms with Crippen molar-refractivity contribution in [2.24, 2.45) is 0 Å². The molecule has 1 aromatic carbocycles. The standard InChI is InChI=1S/C15H16N2OS2/c1-4-18-10-5-6-11-12(7-10)20-15(17-11)13-8(2)9(3)19-14(13)16/h5-7H,4,16H2,1-3H3. The maximum absolute atomic E-state index is 6.13. The molecule has 0 unspecified atom stereocenters. The lowest BCUT2D eigenvalue weighted by Gasteiger charge is -2.00. The summed E-state index contributed by atoms with van der Waals surface area (Å²) in [7, 11) is 0. The molecule has 3 nitrogen and oxygen atoms in total. The zero-order valence-electron chi connectivity index (χ0n) is 11.7. The third kappa shape index (κ3) is 2.17. The molecule has 0 atom stereocenters. The molecule has 2 heterocycles. The summed E-state index contributed by atoms with van der Waals surface area (Å²) >= 11 is 3.30. The van der Waals surface area contributed by atoms with Gasteiger partial charge in [-0.25, -0.2) is 4.98 Å². The van der Waals surface area contributed by atoms with Crippen LogP contribution in [0.15, 0.2) is 18.2 Å². The number of thiophene rings is 1. The average Bonchev–Trinajstić information content (AvgIpc) is 2.91. The molecule has 20 heavy (non-hydrogen) atoms. The molecule has 0 aliphatic carbocycles. The third-order valence-electron chi connectivity index (χ3n) is 3.30. The molecule has 2 N–H and O–H groups in total. The number of aryl methyl sites for hydroxylation is 1. The number of nitrogens with two attached hydrogens (primary N) is 1. The van der Waals surface area contributed by atoms with Crippen molar-refractivity contribution in [3.63, 3.8) is 0 Å². The molecule has 0 aliphatic rings. The van der Waals surface area contributed by atoms with Crippen molar-refractivity contribution in [3.05, 3.63) is 28.6 Å². The summed E-state index contributed by atoms with van der Waals surface area (Å²) in [5.41, 5.74) is 9.45. The van der Waals surface area contributed by atoms with E-state index in [0.29, 0.717) is 6.61 Å². The van der Waals surface area contributed by atoms with Crippen LogP contribution >= 0.6 is 22.7 Å². The van der Waals surface area contributed by atoms with Crippen molar-refractivity contribution in [2.75, 3.05) is 12.3 Å². The SMILES string of the molecule is CCOc1ccc2nc(-c3c(N)sc(C)c3C)sc2c1. The Morgan fingerprint density at radius 1 is 1.25 bits per heavy atom. The molecular weight excluding hydrogens is 288 g/mol. The van der Waals surface area contributed by atoms with Crippen molar-refractivity contribution in [2.45, 2.75) is 20.8 Å². The second kappa shape index (κ2) is 5.07. The smallest absolute Gasteiger partial charge is 0.127 e. The Kier molecular flexibility index (Phi) is 3.40. The third-order valence-corrected chi connectivity index (χ3v) is 5.37. The van der Waals surface area contributed by atoms with E-state index in [1.165, 1.54) is 10.4 Å². The Balaban J connectivity index is 2.13. The van der Waals surface area contributed by atoms with Crippen LogP contribution in [-0.2, 0) is 0 Å². The second-order valence-electron chi connectivity index (χ2n) is 4.60. The van der Waals surface area contributed by atoms with Crippen molar-refractivity contribution in [1.29, 1.82) is 0 Å². The molecule has 5 heteroatoms. The molecule has 0 saturated carbocycles. The molecule has 0 radical (unpaired) electrons. The van der Waals surface area contributed by atoms with Gasteiger partial charge in [-0.15, -0.1) is 22.7 Å². The monoisotopic (exact) mass is 304 g/mol. The van der Waals surface area contributed by atoms with E-state index in [1.54, 1.807) is 22.7 Å². The lowest BCUT2D eigenvalue weighted by Crippen LogP contribution is -1.89. The fraction of sp³-hybridized carbons (Fsp3) is 0.267. The van der Waals surface area contributed by atoms with Gasteiger partial charge in [-0.3, -0.25) is 0 Å². The minimum Gasteiger partial charge on any atom is -0.494 e. The normalized spacial score (nSPS) is 11.2. The largest absolute Gasteiger partial charge is 0.494 e. The van der Waals surface area contributed by atoms with Gasteiger partial charge in [0.25, 0.3) is 0 Å². The summed E-state index contributed by atoms with van der Waals surface area (Å²) in [5.74, 6) is 0.890. The lowest BCUT2D eigenvalue weighted by molar-refractivity contribution is 0.341. The summed E-state index contributed by atoms with van der Waals surface area (Å²) in [6.45, 7) is 6.86. The van der Waals surface area contributed by atoms with Gasteiger partial charge < -0.3 is 10.5 Å². The molecule has 0 aliphatic heterocycles. The van der Waals surface area contributed by atoms with Gasteiger partial charge in [-0.1, -0.05) is 0 Å². The van der Waals surface area contributed by atoms with E-state index in [1.807, 2.05) is 25.1 Å². The molecule has 3 aromatic rings. The highest BCUT2D eigenvalue weighted by Gasteiger charge is 2.16. The first-order chi connectivity index (χ1) is 9.60. The van der Waals surface area contributed by atoms with Gasteiger partial charge in [0.2, 0.25) is 0 Å². The van der Waals surface area contributed by atoms with Crippen LogP contribution in [0.3, 0.4) is 0 Å². The van der Waals surface area contributed by atoms with Crippen LogP contribution in [-0.4, -0.2) is 11.6 Å². The number of hydrogen-bond acceptors (Lipinski definition) is 5. The number of anilines is 1. The zero-order valence-corrected chi connectivity index (χ0v) is 13.3. The van der Waals surface area contributed by atoms with Crippen molar-refractivity contribution >= 4 is 37.9 Å². The van der Waals surface area contributed by atoms with Crippen LogP contribution in [0.5, 0.6) is 5.75 Å². The highest BCUT2D eigenvalue weighted by Crippen LogP contribution is 2.41. The number of fused-ring (bicyclic) bond motifs is 1. The van der Waals surface area contributed by atoms with Crippen LogP contribution in [0.25, 0.3) is 20.8 Å². The fourth-order valence-corrected chi connectivity index (χ4v) is 4.30. The van der Waals surface area contributed by atoms with E-state index in [4.69, 9.17) is 15.5 Å². The molecule has 0 amide bonds. The van der Waals surface area contributed by atoms with Crippen LogP contribution < -0.4 is 10.5 Å². The summed E-state index contributed by atoms with van der Waals surface area (Å²) in [6.07, 6.45) is 0. The highest BCUT2D eigenvalue weighted by atomic mass is 32.1. The molecule has 0 saturated heterocycles. The lowest BCUT2D eigenvalue weighted by atomic mass is 10.2. The molecule has 0 spiro atoms. The number of nitrogens with zero attached hydrogens (tertiary/aromatic N) is 1. The summed E-state index contributed by atoms with van der Waals surface area (Å²) in [4.78, 5) is 5.97. The number of thiazole rings is 1. The topological polar surface area (TPSA) is 48.1 Å². The first kappa shape index (κ1) is 13.4. The van der Waals surface area contributed by atoms with Crippen LogP contribution in [0, 0.1) is 13.8 Å². The Bertz CT molecular complexity index is 774. The average molecular weight is 304 g/mol. The summed E-state index contributed by atoms with van der Waals surface area (Å²) in [6, 6.07) is 6.01. The number of hydrogen-bond donors (Lipinski definition) is 1. The number of aromatic nitrogens is 1. The number of benzene rings is 1. The van der Waals surface area contributed by atoms with E-state index < -0.39 is 0 Å². The van der Waals surface area contributed by atoms with Gasteiger partial charge >= 0.3 is 0 Å². The van der Waals surface area contributed by atoms with E-state index >= 15 is 0 Å². The van der Waals surface area contributed by atoms with E-state index in [-0.39, 0.29) is 0 Å². The van der Waals surface area contributed by atoms with Gasteiger partial charge in [-0.05, 0) is 44.5 Å². The van der Waals surface area contributed by atoms with Crippen molar-refractivity contribution < 1.29 is 4.74 Å². The molecule has 3 rings (SSSR count). The minimum atomic E-state index is 0.674. The molecule has 104 valence electrons. The van der Waals surface area contributed by atoms with Crippen LogP contribution in [0.2, 0.25) is 0 Å². The van der Waals surface area contributed by atoms with Gasteiger partial charge in [0.15, 0.2) is 0 Å². The molecule has 0 fully saturated rings. The maximum atomic E-state index is 6.13. The number of nitrogen functional groups attached to an aromatic ring is 1. The second-order valence-corrected chi connectivity index (χ2v) is 6.89. The van der Waals surface area contributed by atoms with Crippen LogP contribution in [0.1, 0.15) is 17.4 Å². The van der Waals surface area contributed by atoms with Crippen LogP contribution in [0.4, 0.5) is 5.00 Å². The Hall–Kier alpha value is -1.59. The van der Waals surface area contributed by atoms with Gasteiger partial charge in [0.05, 0.1) is 21.8 Å². The molecule has 2 aromatic heterocycles. The maximum Gasteiger partial charge on any atom is 0.127 e. The summed E-state index contributed by atoms with van der Waals surface area (Å²) < 4.78 is 6.67. The fourth-order valence-electron chi connectivity index (χ4n) is 2.19. The minimum absolute atomic E-state index is 0.674. The van der Waals surface area contributed by atoms with E-state index in [2.05, 4.69) is 13.8 Å². The van der Waals surface area contributed by atoms with Gasteiger partial charge in [0, 0.05) is 10.4 Å². The predicted octanol–water partition coefficient (Wildman–Crippen LogP) is 4.62. The zero-order chi connectivity index (χ0) is 14.3. The van der Waals surface area contributed by atoms with E-state index in [0.717, 1.165) is 31.5 Å². The highest BCUT2D eigenvalue weighted by molar-refractivity contribution is 7.22. The Morgan fingerprint density at radius 2 is 2.05 bits per heavy atom. The van der Waals surface area contributed by atoms with Crippen molar-refractivity contribution in [3.8, 4) is 16.3 Å². The Morgan fingerprint density at radius 3 is 2.70 bits per heavy atom. The molecular formula is C15H16N2OS2. The van der Waals surface area contributed by atoms with Crippen molar-refractivity contribution in [1.82, 2.24) is 4.98 Å². The first-order valence-electron chi connectivity index (χ1n) is 6.49. The van der Waals surface area contributed by atoms with Gasteiger partial charge in [-0.2, -0.15) is 0 Å². The number of ether oxygens (including phenoxy) is 1. The Labute approximate surface area is 126 Å². The first-order valence-corrected chi connectivity index (χ1v) is 8.12. The summed E-state index contributed by atoms with van der Waals surface area (Å²) in [5, 5.41) is 1.84. The van der Waals surface area contributed by atoms with Gasteiger partial charge in [0.1, 0.15) is 10.8 Å². The quantitative estimate of drug-likeness (QED) is 0.768. The van der Waals surface area contributed by atoms with E-state index in [9.17, 15) is 0 Å². The number of rotatable bonds is 3. The predicted molar refractivity (Wildman–Crippen MR) is 88.0 cm³/mol.